The number of hydrogen-bond donors (Lipinski definition) is 1. The number of benzene rings is 2. The number of nitro benzene ring substituents is 1. The molecule has 104 valence electrons. The summed E-state index contributed by atoms with van der Waals surface area (Å²) in [6.07, 6.45) is 0. The minimum Gasteiger partial charge on any atom is -0.309 e. The second-order valence-corrected chi connectivity index (χ2v) is 4.98. The van der Waals surface area contributed by atoms with Gasteiger partial charge in [-0.15, -0.1) is 0 Å². The summed E-state index contributed by atoms with van der Waals surface area (Å²) in [4.78, 5) is 10.3. The van der Waals surface area contributed by atoms with Crippen LogP contribution >= 0.6 is 11.6 Å². The molecule has 0 aliphatic heterocycles. The maximum absolute atomic E-state index is 10.8. The Hall–Kier alpha value is -1.91. The fourth-order valence-electron chi connectivity index (χ4n) is 1.96. The van der Waals surface area contributed by atoms with Gasteiger partial charge >= 0.3 is 0 Å². The quantitative estimate of drug-likeness (QED) is 0.672. The van der Waals surface area contributed by atoms with E-state index in [1.54, 1.807) is 12.1 Å². The van der Waals surface area contributed by atoms with Gasteiger partial charge in [-0.2, -0.15) is 0 Å². The first-order valence-corrected chi connectivity index (χ1v) is 6.64. The molecule has 0 saturated heterocycles. The van der Waals surface area contributed by atoms with E-state index in [1.807, 2.05) is 12.1 Å². The maximum atomic E-state index is 10.8. The summed E-state index contributed by atoms with van der Waals surface area (Å²) < 4.78 is 0. The summed E-state index contributed by atoms with van der Waals surface area (Å²) in [6.45, 7) is 3.35. The Bertz CT molecular complexity index is 629. The number of aryl methyl sites for hydroxylation is 1. The fraction of sp³-hybridized carbons (Fsp3) is 0.200. The second kappa shape index (κ2) is 6.50. The van der Waals surface area contributed by atoms with Gasteiger partial charge in [0.05, 0.1) is 4.92 Å². The van der Waals surface area contributed by atoms with Gasteiger partial charge in [-0.1, -0.05) is 41.9 Å². The van der Waals surface area contributed by atoms with Crippen molar-refractivity contribution in [3.05, 3.63) is 74.3 Å². The van der Waals surface area contributed by atoms with Gasteiger partial charge in [0.25, 0.3) is 5.69 Å². The lowest BCUT2D eigenvalue weighted by atomic mass is 10.1. The molecule has 0 spiro atoms. The highest BCUT2D eigenvalue weighted by Gasteiger charge is 2.12. The number of rotatable bonds is 5. The summed E-state index contributed by atoms with van der Waals surface area (Å²) in [6, 6.07) is 13.0. The Balaban J connectivity index is 2.00. The first kappa shape index (κ1) is 14.5. The molecular formula is C15H15ClN2O2. The number of nitro groups is 1. The van der Waals surface area contributed by atoms with Gasteiger partial charge in [-0.25, -0.2) is 0 Å². The molecule has 2 aromatic carbocycles. The van der Waals surface area contributed by atoms with Gasteiger partial charge in [0, 0.05) is 19.2 Å². The lowest BCUT2D eigenvalue weighted by Gasteiger charge is -2.08. The summed E-state index contributed by atoms with van der Waals surface area (Å²) in [5.74, 6) is 0. The van der Waals surface area contributed by atoms with E-state index in [-0.39, 0.29) is 10.7 Å². The Kier molecular flexibility index (Phi) is 4.71. The van der Waals surface area contributed by atoms with E-state index < -0.39 is 4.92 Å². The molecule has 0 unspecified atom stereocenters. The monoisotopic (exact) mass is 290 g/mol. The van der Waals surface area contributed by atoms with Crippen molar-refractivity contribution in [2.75, 3.05) is 0 Å². The minimum absolute atomic E-state index is 0.0538. The van der Waals surface area contributed by atoms with Crippen LogP contribution in [-0.2, 0) is 13.1 Å². The largest absolute Gasteiger partial charge is 0.309 e. The molecule has 0 saturated carbocycles. The third-order valence-electron chi connectivity index (χ3n) is 3.11. The third-order valence-corrected chi connectivity index (χ3v) is 3.43. The van der Waals surface area contributed by atoms with Crippen LogP contribution in [0.1, 0.15) is 16.7 Å². The summed E-state index contributed by atoms with van der Waals surface area (Å²) >= 11 is 5.78. The van der Waals surface area contributed by atoms with Crippen molar-refractivity contribution in [3.8, 4) is 0 Å². The van der Waals surface area contributed by atoms with E-state index in [0.717, 1.165) is 12.1 Å². The van der Waals surface area contributed by atoms with Crippen LogP contribution in [0.5, 0.6) is 0 Å². The zero-order valence-electron chi connectivity index (χ0n) is 11.1. The van der Waals surface area contributed by atoms with Crippen molar-refractivity contribution < 1.29 is 4.92 Å². The van der Waals surface area contributed by atoms with Crippen LogP contribution in [0.15, 0.2) is 42.5 Å². The lowest BCUT2D eigenvalue weighted by molar-refractivity contribution is -0.384. The van der Waals surface area contributed by atoms with Crippen molar-refractivity contribution in [2.45, 2.75) is 20.0 Å². The van der Waals surface area contributed by atoms with Gasteiger partial charge < -0.3 is 5.32 Å². The standard InChI is InChI=1S/C15H15ClN2O2/c1-11-4-2-3-5-13(11)10-17-9-12-6-7-14(16)15(8-12)18(19)20/h2-8,17H,9-10H2,1H3. The highest BCUT2D eigenvalue weighted by atomic mass is 35.5. The molecule has 2 aromatic rings. The van der Waals surface area contributed by atoms with E-state index in [0.29, 0.717) is 6.54 Å². The van der Waals surface area contributed by atoms with Gasteiger partial charge in [-0.05, 0) is 29.7 Å². The molecule has 0 amide bonds. The molecule has 0 atom stereocenters. The molecule has 0 aliphatic rings. The molecule has 0 fully saturated rings. The molecular weight excluding hydrogens is 276 g/mol. The van der Waals surface area contributed by atoms with Crippen LogP contribution < -0.4 is 5.32 Å². The number of hydrogen-bond acceptors (Lipinski definition) is 3. The minimum atomic E-state index is -0.465. The normalized spacial score (nSPS) is 10.5. The summed E-state index contributed by atoms with van der Waals surface area (Å²) in [7, 11) is 0. The lowest BCUT2D eigenvalue weighted by Crippen LogP contribution is -2.13. The number of nitrogens with zero attached hydrogens (tertiary/aromatic N) is 1. The van der Waals surface area contributed by atoms with Crippen molar-refractivity contribution >= 4 is 17.3 Å². The molecule has 5 heteroatoms. The van der Waals surface area contributed by atoms with Crippen LogP contribution in [0.4, 0.5) is 5.69 Å². The SMILES string of the molecule is Cc1ccccc1CNCc1ccc(Cl)c([N+](=O)[O-])c1. The van der Waals surface area contributed by atoms with Gasteiger partial charge in [-0.3, -0.25) is 10.1 Å². The zero-order chi connectivity index (χ0) is 14.5. The first-order valence-electron chi connectivity index (χ1n) is 6.26. The average Bonchev–Trinajstić information content (AvgIpc) is 2.42. The predicted octanol–water partition coefficient (Wildman–Crippen LogP) is 3.85. The molecule has 0 bridgehead atoms. The first-order chi connectivity index (χ1) is 9.58. The van der Waals surface area contributed by atoms with Crippen molar-refractivity contribution in [1.29, 1.82) is 0 Å². The van der Waals surface area contributed by atoms with E-state index in [9.17, 15) is 10.1 Å². The van der Waals surface area contributed by atoms with Crippen LogP contribution in [0, 0.1) is 17.0 Å². The zero-order valence-corrected chi connectivity index (χ0v) is 11.9. The Morgan fingerprint density at radius 1 is 1.20 bits per heavy atom. The molecule has 1 N–H and O–H groups in total. The van der Waals surface area contributed by atoms with E-state index >= 15 is 0 Å². The van der Waals surface area contributed by atoms with Crippen molar-refractivity contribution in [1.82, 2.24) is 5.32 Å². The van der Waals surface area contributed by atoms with E-state index in [2.05, 4.69) is 24.4 Å². The van der Waals surface area contributed by atoms with Crippen molar-refractivity contribution in [2.24, 2.45) is 0 Å². The molecule has 0 aromatic heterocycles. The highest BCUT2D eigenvalue weighted by molar-refractivity contribution is 6.32. The molecule has 0 aliphatic carbocycles. The summed E-state index contributed by atoms with van der Waals surface area (Å²) in [5.41, 5.74) is 3.23. The van der Waals surface area contributed by atoms with E-state index in [4.69, 9.17) is 11.6 Å². The van der Waals surface area contributed by atoms with Gasteiger partial charge in [0.1, 0.15) is 5.02 Å². The topological polar surface area (TPSA) is 55.2 Å². The maximum Gasteiger partial charge on any atom is 0.288 e. The Morgan fingerprint density at radius 3 is 2.65 bits per heavy atom. The highest BCUT2D eigenvalue weighted by Crippen LogP contribution is 2.25. The average molecular weight is 291 g/mol. The van der Waals surface area contributed by atoms with E-state index in [1.165, 1.54) is 17.2 Å². The Morgan fingerprint density at radius 2 is 1.95 bits per heavy atom. The van der Waals surface area contributed by atoms with Crippen LogP contribution in [-0.4, -0.2) is 4.92 Å². The van der Waals surface area contributed by atoms with Crippen LogP contribution in [0.25, 0.3) is 0 Å². The molecule has 0 radical (unpaired) electrons. The summed E-state index contributed by atoms with van der Waals surface area (Å²) in [5, 5.41) is 14.3. The molecule has 4 nitrogen and oxygen atoms in total. The third kappa shape index (κ3) is 3.56. The van der Waals surface area contributed by atoms with Gasteiger partial charge in [0.2, 0.25) is 0 Å². The molecule has 0 heterocycles. The Labute approximate surface area is 122 Å². The van der Waals surface area contributed by atoms with Gasteiger partial charge in [0.15, 0.2) is 0 Å². The smallest absolute Gasteiger partial charge is 0.288 e. The fourth-order valence-corrected chi connectivity index (χ4v) is 2.14. The predicted molar refractivity (Wildman–Crippen MR) is 79.8 cm³/mol. The molecule has 2 rings (SSSR count). The van der Waals surface area contributed by atoms with Crippen LogP contribution in [0.3, 0.4) is 0 Å². The molecule has 20 heavy (non-hydrogen) atoms. The number of nitrogens with one attached hydrogen (secondary N) is 1. The second-order valence-electron chi connectivity index (χ2n) is 4.57. The van der Waals surface area contributed by atoms with Crippen LogP contribution in [0.2, 0.25) is 5.02 Å². The number of halogens is 1. The van der Waals surface area contributed by atoms with Crippen molar-refractivity contribution in [3.63, 3.8) is 0 Å².